The Morgan fingerprint density at radius 1 is 1.39 bits per heavy atom. The molecule has 0 radical (unpaired) electrons. The first-order valence-electron chi connectivity index (χ1n) is 6.86. The molecule has 1 aromatic heterocycles. The van der Waals surface area contributed by atoms with Crippen molar-refractivity contribution in [1.29, 1.82) is 0 Å². The van der Waals surface area contributed by atoms with E-state index >= 15 is 0 Å². The highest BCUT2D eigenvalue weighted by atomic mass is 15.3. The van der Waals surface area contributed by atoms with Gasteiger partial charge in [0.2, 0.25) is 0 Å². The summed E-state index contributed by atoms with van der Waals surface area (Å²) < 4.78 is 2.00. The van der Waals surface area contributed by atoms with Gasteiger partial charge in [-0.05, 0) is 31.0 Å². The summed E-state index contributed by atoms with van der Waals surface area (Å²) in [5.41, 5.74) is 8.43. The summed E-state index contributed by atoms with van der Waals surface area (Å²) >= 11 is 0. The molecule has 0 saturated heterocycles. The van der Waals surface area contributed by atoms with Crippen molar-refractivity contribution in [2.75, 3.05) is 19.6 Å². The van der Waals surface area contributed by atoms with Crippen molar-refractivity contribution in [2.24, 2.45) is 18.2 Å². The Morgan fingerprint density at radius 2 is 2.06 bits per heavy atom. The number of nitrogens with zero attached hydrogens (tertiary/aromatic N) is 3. The van der Waals surface area contributed by atoms with Crippen LogP contribution in [0.4, 0.5) is 0 Å². The quantitative estimate of drug-likeness (QED) is 0.805. The van der Waals surface area contributed by atoms with E-state index in [4.69, 9.17) is 5.73 Å². The third-order valence-corrected chi connectivity index (χ3v) is 3.43. The van der Waals surface area contributed by atoms with E-state index in [0.717, 1.165) is 32.6 Å². The van der Waals surface area contributed by atoms with Crippen molar-refractivity contribution < 1.29 is 0 Å². The number of aryl methyl sites for hydroxylation is 2. The van der Waals surface area contributed by atoms with E-state index in [-0.39, 0.29) is 5.41 Å². The molecule has 0 unspecified atom stereocenters. The largest absolute Gasteiger partial charge is 0.330 e. The molecule has 0 spiro atoms. The van der Waals surface area contributed by atoms with E-state index in [2.05, 4.69) is 43.8 Å². The third-order valence-electron chi connectivity index (χ3n) is 3.43. The third kappa shape index (κ3) is 4.10. The zero-order valence-corrected chi connectivity index (χ0v) is 12.5. The Kier molecular flexibility index (Phi) is 5.35. The Hall–Kier alpha value is -0.870. The summed E-state index contributed by atoms with van der Waals surface area (Å²) in [5.74, 6) is 0. The van der Waals surface area contributed by atoms with Gasteiger partial charge in [0.05, 0.1) is 11.4 Å². The van der Waals surface area contributed by atoms with Crippen LogP contribution in [0, 0.1) is 5.41 Å². The van der Waals surface area contributed by atoms with Gasteiger partial charge in [0.25, 0.3) is 0 Å². The second-order valence-corrected chi connectivity index (χ2v) is 5.78. The highest BCUT2D eigenvalue weighted by Crippen LogP contribution is 2.17. The zero-order valence-electron chi connectivity index (χ0n) is 12.5. The molecular weight excluding hydrogens is 224 g/mol. The first kappa shape index (κ1) is 15.2. The Morgan fingerprint density at radius 3 is 2.50 bits per heavy atom. The standard InChI is InChI=1S/C14H28N4/c1-6-12-8-13(17(5)16-12)9-18(7-2)11-14(3,4)10-15/h8H,6-7,9-11,15H2,1-5H3. The van der Waals surface area contributed by atoms with E-state index in [9.17, 15) is 0 Å². The minimum absolute atomic E-state index is 0.169. The lowest BCUT2D eigenvalue weighted by Gasteiger charge is -2.30. The molecule has 0 aliphatic heterocycles. The van der Waals surface area contributed by atoms with Crippen LogP contribution in [0.2, 0.25) is 0 Å². The summed E-state index contributed by atoms with van der Waals surface area (Å²) in [7, 11) is 2.02. The molecule has 0 aromatic carbocycles. The van der Waals surface area contributed by atoms with Gasteiger partial charge in [-0.3, -0.25) is 9.58 Å². The summed E-state index contributed by atoms with van der Waals surface area (Å²) in [6.45, 7) is 12.5. The minimum atomic E-state index is 0.169. The molecule has 1 rings (SSSR count). The van der Waals surface area contributed by atoms with Gasteiger partial charge in [-0.25, -0.2) is 0 Å². The van der Waals surface area contributed by atoms with Gasteiger partial charge >= 0.3 is 0 Å². The predicted octanol–water partition coefficient (Wildman–Crippen LogP) is 1.79. The van der Waals surface area contributed by atoms with Crippen LogP contribution in [-0.2, 0) is 20.0 Å². The van der Waals surface area contributed by atoms with Gasteiger partial charge < -0.3 is 5.73 Å². The lowest BCUT2D eigenvalue weighted by molar-refractivity contribution is 0.180. The van der Waals surface area contributed by atoms with Crippen LogP contribution in [0.1, 0.15) is 39.1 Å². The van der Waals surface area contributed by atoms with E-state index in [1.165, 1.54) is 11.4 Å². The average Bonchev–Trinajstić information content (AvgIpc) is 2.69. The van der Waals surface area contributed by atoms with Crippen LogP contribution < -0.4 is 5.73 Å². The fourth-order valence-corrected chi connectivity index (χ4v) is 2.07. The molecule has 0 aliphatic carbocycles. The Balaban J connectivity index is 2.70. The second-order valence-electron chi connectivity index (χ2n) is 5.78. The van der Waals surface area contributed by atoms with E-state index < -0.39 is 0 Å². The average molecular weight is 252 g/mol. The number of aromatic nitrogens is 2. The fraction of sp³-hybridized carbons (Fsp3) is 0.786. The molecule has 0 atom stereocenters. The maximum atomic E-state index is 5.81. The highest BCUT2D eigenvalue weighted by Gasteiger charge is 2.20. The highest BCUT2D eigenvalue weighted by molar-refractivity contribution is 5.10. The number of rotatable bonds is 7. The molecular formula is C14H28N4. The zero-order chi connectivity index (χ0) is 13.8. The van der Waals surface area contributed by atoms with Gasteiger partial charge in [-0.1, -0.05) is 27.7 Å². The van der Waals surface area contributed by atoms with Crippen molar-refractivity contribution in [2.45, 2.75) is 40.7 Å². The molecule has 1 aromatic rings. The van der Waals surface area contributed by atoms with Crippen LogP contribution >= 0.6 is 0 Å². The molecule has 0 aliphatic rings. The van der Waals surface area contributed by atoms with Crippen LogP contribution in [0.15, 0.2) is 6.07 Å². The number of hydrogen-bond donors (Lipinski definition) is 1. The minimum Gasteiger partial charge on any atom is -0.330 e. The van der Waals surface area contributed by atoms with Crippen LogP contribution in [0.25, 0.3) is 0 Å². The normalized spacial score (nSPS) is 12.4. The second kappa shape index (κ2) is 6.34. The number of nitrogens with two attached hydrogens (primary N) is 1. The van der Waals surface area contributed by atoms with Gasteiger partial charge in [0.1, 0.15) is 0 Å². The van der Waals surface area contributed by atoms with E-state index in [1.54, 1.807) is 0 Å². The Labute approximate surface area is 111 Å². The van der Waals surface area contributed by atoms with Crippen molar-refractivity contribution in [3.05, 3.63) is 17.5 Å². The monoisotopic (exact) mass is 252 g/mol. The molecule has 1 heterocycles. The lowest BCUT2D eigenvalue weighted by atomic mass is 9.93. The molecule has 2 N–H and O–H groups in total. The van der Waals surface area contributed by atoms with Crippen LogP contribution in [0.3, 0.4) is 0 Å². The molecule has 18 heavy (non-hydrogen) atoms. The van der Waals surface area contributed by atoms with Crippen LogP contribution in [-0.4, -0.2) is 34.3 Å². The van der Waals surface area contributed by atoms with Gasteiger partial charge in [0.15, 0.2) is 0 Å². The van der Waals surface area contributed by atoms with E-state index in [1.807, 2.05) is 11.7 Å². The van der Waals surface area contributed by atoms with Gasteiger partial charge in [-0.2, -0.15) is 5.10 Å². The first-order chi connectivity index (χ1) is 8.41. The fourth-order valence-electron chi connectivity index (χ4n) is 2.07. The van der Waals surface area contributed by atoms with Gasteiger partial charge in [0, 0.05) is 20.1 Å². The lowest BCUT2D eigenvalue weighted by Crippen LogP contribution is -2.38. The topological polar surface area (TPSA) is 47.1 Å². The molecule has 104 valence electrons. The maximum absolute atomic E-state index is 5.81. The number of hydrogen-bond acceptors (Lipinski definition) is 3. The first-order valence-corrected chi connectivity index (χ1v) is 6.86. The summed E-state index contributed by atoms with van der Waals surface area (Å²) in [5, 5.41) is 4.50. The van der Waals surface area contributed by atoms with Crippen molar-refractivity contribution in [3.63, 3.8) is 0 Å². The summed E-state index contributed by atoms with van der Waals surface area (Å²) in [6, 6.07) is 2.21. The van der Waals surface area contributed by atoms with Crippen molar-refractivity contribution >= 4 is 0 Å². The Bertz CT molecular complexity index is 368. The van der Waals surface area contributed by atoms with Crippen molar-refractivity contribution in [1.82, 2.24) is 14.7 Å². The molecule has 0 fully saturated rings. The van der Waals surface area contributed by atoms with Crippen molar-refractivity contribution in [3.8, 4) is 0 Å². The molecule has 0 saturated carbocycles. The van der Waals surface area contributed by atoms with Crippen LogP contribution in [0.5, 0.6) is 0 Å². The SMILES string of the molecule is CCc1cc(CN(CC)CC(C)(C)CN)n(C)n1. The summed E-state index contributed by atoms with van der Waals surface area (Å²) in [6.07, 6.45) is 0.994. The smallest absolute Gasteiger partial charge is 0.0625 e. The maximum Gasteiger partial charge on any atom is 0.0625 e. The molecule has 0 amide bonds. The van der Waals surface area contributed by atoms with Gasteiger partial charge in [-0.15, -0.1) is 0 Å². The van der Waals surface area contributed by atoms with E-state index in [0.29, 0.717) is 0 Å². The molecule has 0 bridgehead atoms. The predicted molar refractivity (Wildman–Crippen MR) is 76.4 cm³/mol. The molecule has 4 nitrogen and oxygen atoms in total. The molecule has 4 heteroatoms. The summed E-state index contributed by atoms with van der Waals surface area (Å²) in [4.78, 5) is 2.43.